The van der Waals surface area contributed by atoms with Gasteiger partial charge in [0.1, 0.15) is 125 Å². The number of nitrogens with one attached hydrogen (secondary N) is 1. The van der Waals surface area contributed by atoms with E-state index in [1.807, 2.05) is 237 Å². The molecule has 129 heavy (non-hydrogen) atoms. The first-order chi connectivity index (χ1) is 62.6. The van der Waals surface area contributed by atoms with Crippen molar-refractivity contribution in [3.05, 3.63) is 436 Å². The zero-order valence-electron chi connectivity index (χ0n) is 76.7. The number of carbonyl (C=O) groups is 1. The fraction of sp³-hybridized carbons (Fsp3) is 0.216. The number of benzene rings is 15. The Bertz CT molecular complexity index is 5850. The molecule has 0 radical (unpaired) electrons. The van der Waals surface area contributed by atoms with Crippen LogP contribution in [0.5, 0.6) is 92.0 Å². The monoisotopic (exact) mass is 1720 g/mol. The molecule has 0 saturated heterocycles. The van der Waals surface area contributed by atoms with Gasteiger partial charge >= 0.3 is 0 Å². The number of rotatable bonds is 34. The zero-order valence-corrected chi connectivity index (χ0v) is 76.7. The van der Waals surface area contributed by atoms with E-state index in [2.05, 4.69) is 223 Å². The summed E-state index contributed by atoms with van der Waals surface area (Å²) in [5.41, 5.74) is 16.5. The maximum Gasteiger partial charge on any atom is 0.211 e. The van der Waals surface area contributed by atoms with Crippen LogP contribution in [-0.4, -0.2) is 13.5 Å². The average molecular weight is 1720 g/mol. The Labute approximate surface area is 764 Å². The third-order valence-corrected chi connectivity index (χ3v) is 20.9. The lowest BCUT2D eigenvalue weighted by Crippen LogP contribution is -2.02. The molecule has 0 spiro atoms. The minimum Gasteiger partial charge on any atom is -0.497 e. The summed E-state index contributed by atoms with van der Waals surface area (Å²) in [6, 6.07) is 120. The maximum atomic E-state index is 10.7. The molecule has 0 aliphatic heterocycles. The Morgan fingerprint density at radius 3 is 0.822 bits per heavy atom. The van der Waals surface area contributed by atoms with E-state index in [-0.39, 0.29) is 0 Å². The summed E-state index contributed by atoms with van der Waals surface area (Å²) >= 11 is 0. The molecule has 1 amide bonds. The van der Waals surface area contributed by atoms with Crippen molar-refractivity contribution in [2.45, 2.75) is 159 Å². The fourth-order valence-corrected chi connectivity index (χ4v) is 13.2. The second-order valence-corrected chi connectivity index (χ2v) is 32.9. The van der Waals surface area contributed by atoms with Crippen LogP contribution in [-0.2, 0) is 44.2 Å². The van der Waals surface area contributed by atoms with Crippen molar-refractivity contribution in [2.24, 2.45) is 0 Å². The average Bonchev–Trinajstić information content (AvgIpc) is 0.874. The number of anilines is 1. The normalized spacial score (nSPS) is 10.7. The third kappa shape index (κ3) is 32.5. The van der Waals surface area contributed by atoms with Crippen molar-refractivity contribution in [3.63, 3.8) is 0 Å². The van der Waals surface area contributed by atoms with Crippen molar-refractivity contribution < 1.29 is 56.9 Å². The summed E-state index contributed by atoms with van der Waals surface area (Å²) in [5, 5.41) is 2.68. The molecule has 13 heteroatoms. The molecular weight excluding hydrogens is 1600 g/mol. The number of aryl methyl sites for hydroxylation is 3. The Hall–Kier alpha value is -14.4. The molecule has 0 fully saturated rings. The van der Waals surface area contributed by atoms with Crippen LogP contribution in [0.1, 0.15) is 178 Å². The van der Waals surface area contributed by atoms with Crippen LogP contribution in [0.25, 0.3) is 0 Å². The smallest absolute Gasteiger partial charge is 0.211 e. The highest BCUT2D eigenvalue weighted by molar-refractivity contribution is 5.73. The Kier molecular flexibility index (Phi) is 36.9. The Balaban J connectivity index is 0.000000156. The van der Waals surface area contributed by atoms with Crippen molar-refractivity contribution >= 4 is 12.1 Å². The maximum absolute atomic E-state index is 10.7. The van der Waals surface area contributed by atoms with E-state index in [4.69, 9.17) is 52.1 Å². The lowest BCUT2D eigenvalue weighted by Gasteiger charge is -2.12. The Morgan fingerprint density at radius 2 is 0.512 bits per heavy atom. The van der Waals surface area contributed by atoms with Crippen LogP contribution in [0.15, 0.2) is 364 Å². The number of hydrogen-bond donors (Lipinski definition) is 1. The van der Waals surface area contributed by atoms with Crippen molar-refractivity contribution in [1.29, 1.82) is 0 Å². The van der Waals surface area contributed by atoms with Gasteiger partial charge in [0.2, 0.25) is 6.41 Å². The first-order valence-electron chi connectivity index (χ1n) is 44.3. The summed E-state index contributed by atoms with van der Waals surface area (Å²) in [7, 11) is 1.66. The van der Waals surface area contributed by atoms with Crippen molar-refractivity contribution in [2.75, 3.05) is 12.4 Å². The van der Waals surface area contributed by atoms with Crippen LogP contribution < -0.4 is 57.4 Å². The molecule has 0 heterocycles. The van der Waals surface area contributed by atoms with Crippen LogP contribution in [0, 0.1) is 13.8 Å². The van der Waals surface area contributed by atoms with Gasteiger partial charge in [-0.05, 0) is 245 Å². The van der Waals surface area contributed by atoms with Crippen LogP contribution >= 0.6 is 0 Å². The molecule has 0 unspecified atom stereocenters. The molecule has 15 aromatic carbocycles. The second kappa shape index (κ2) is 50.1. The second-order valence-electron chi connectivity index (χ2n) is 32.9. The molecule has 0 saturated carbocycles. The van der Waals surface area contributed by atoms with Gasteiger partial charge in [-0.2, -0.15) is 0 Å². The van der Waals surface area contributed by atoms with E-state index in [1.165, 1.54) is 50.1 Å². The molecule has 0 bridgehead atoms. The molecule has 15 aromatic rings. The predicted octanol–water partition coefficient (Wildman–Crippen LogP) is 31.7. The highest BCUT2D eigenvalue weighted by Crippen LogP contribution is 2.35. The van der Waals surface area contributed by atoms with Gasteiger partial charge in [0, 0.05) is 41.6 Å². The van der Waals surface area contributed by atoms with E-state index >= 15 is 0 Å². The van der Waals surface area contributed by atoms with Gasteiger partial charge in [0.15, 0.2) is 0 Å². The molecule has 1 N–H and O–H groups in total. The van der Waals surface area contributed by atoms with Crippen molar-refractivity contribution in [1.82, 2.24) is 0 Å². The van der Waals surface area contributed by atoms with E-state index in [9.17, 15) is 4.79 Å². The molecule has 0 atom stereocenters. The van der Waals surface area contributed by atoms with Crippen LogP contribution in [0.4, 0.5) is 5.69 Å². The number of carbonyl (C=O) groups excluding carboxylic acids is 1. The number of methoxy groups -OCH3 is 1. The molecule has 15 rings (SSSR count). The Morgan fingerprint density at radius 1 is 0.240 bits per heavy atom. The van der Waals surface area contributed by atoms with Gasteiger partial charge < -0.3 is 57.4 Å². The lowest BCUT2D eigenvalue weighted by atomic mass is 10.0. The quantitative estimate of drug-likeness (QED) is 0.0385. The largest absolute Gasteiger partial charge is 0.497 e. The van der Waals surface area contributed by atoms with Crippen molar-refractivity contribution in [3.8, 4) is 92.0 Å². The van der Waals surface area contributed by atoms with E-state index in [1.54, 1.807) is 7.11 Å². The van der Waals surface area contributed by atoms with E-state index < -0.39 is 0 Å². The van der Waals surface area contributed by atoms with Gasteiger partial charge in [0.25, 0.3) is 0 Å². The minimum absolute atomic E-state index is 0.351. The molecular formula is C116H121NO12. The zero-order chi connectivity index (χ0) is 91.1. The highest BCUT2D eigenvalue weighted by atomic mass is 16.5. The molecule has 662 valence electrons. The van der Waals surface area contributed by atoms with Gasteiger partial charge in [-0.3, -0.25) is 4.79 Å². The summed E-state index contributed by atoms with van der Waals surface area (Å²) in [4.78, 5) is 10.7. The molecule has 13 nitrogen and oxygen atoms in total. The molecule has 0 aliphatic carbocycles. The first kappa shape index (κ1) is 95.2. The standard InChI is InChI=1S/C24H26O2.C23H23NO3.C23H24O3.2C23H24O2/c1-4-19-7-5-8-20(15-19)17-25-23-9-6-10-24(16-23)26-22-13-11-21(12-14-22)18(2)3;1-17(2)18-10-12-20(13-11-18)27-22-8-5-7-21(14-22)26-15-19-6-3-4-9-23(19)24-16-25;1-17(2)19-9-13-21(14-10-19)26-23-6-4-5-22(15-23)25-16-18-7-11-20(24-3)12-8-18;1-17(2)20-10-12-21(13-11-20)25-23-9-5-8-22(15-23)24-16-19-7-4-6-18(3)14-19;1-17(2)20-11-13-21(14-12-20)25-23-6-4-5-22(15-23)24-16-19-9-7-18(3)8-10-19/h5-16,18H,4,17H2,1-3H3;3-14,16-17H,15H2,1-2H3,(H,24,25);4-15,17H,16H2,1-3H3;2*4-15,17H,16H2,1-3H3. The summed E-state index contributed by atoms with van der Waals surface area (Å²) in [6.07, 6.45) is 1.70. The number of ether oxygens (including phenoxy) is 11. The number of para-hydroxylation sites is 1. The highest BCUT2D eigenvalue weighted by Gasteiger charge is 2.12. The predicted molar refractivity (Wildman–Crippen MR) is 524 cm³/mol. The lowest BCUT2D eigenvalue weighted by molar-refractivity contribution is -0.105. The summed E-state index contributed by atoms with van der Waals surface area (Å²) in [6.45, 7) is 30.6. The first-order valence-corrected chi connectivity index (χ1v) is 44.3. The van der Waals surface area contributed by atoms with Crippen LogP contribution in [0.3, 0.4) is 0 Å². The summed E-state index contributed by atoms with van der Waals surface area (Å²) in [5.74, 6) is 15.2. The van der Waals surface area contributed by atoms with E-state index in [0.717, 1.165) is 115 Å². The minimum atomic E-state index is 0.351. The van der Waals surface area contributed by atoms with Gasteiger partial charge in [-0.1, -0.05) is 281 Å². The van der Waals surface area contributed by atoms with Gasteiger partial charge in [-0.15, -0.1) is 0 Å². The van der Waals surface area contributed by atoms with E-state index in [0.29, 0.717) is 80.5 Å². The van der Waals surface area contributed by atoms with Gasteiger partial charge in [-0.25, -0.2) is 0 Å². The van der Waals surface area contributed by atoms with Crippen LogP contribution in [0.2, 0.25) is 0 Å². The fourth-order valence-electron chi connectivity index (χ4n) is 13.2. The number of hydrogen-bond acceptors (Lipinski definition) is 12. The molecule has 0 aromatic heterocycles. The SMILES string of the molecule is CC(C)c1ccc(Oc2cccc(OCc3ccccc3NC=O)c2)cc1.CCc1cccc(COc2cccc(Oc3ccc(C(C)C)cc3)c2)c1.COc1ccc(COc2cccc(Oc3ccc(C(C)C)cc3)c2)cc1.Cc1ccc(COc2cccc(Oc3ccc(C(C)C)cc3)c2)cc1.Cc1cccc(COc2cccc(Oc3ccc(C(C)C)cc3)c2)c1. The number of amides is 1. The van der Waals surface area contributed by atoms with Gasteiger partial charge in [0.05, 0.1) is 7.11 Å². The summed E-state index contributed by atoms with van der Waals surface area (Å²) < 4.78 is 64.3. The topological polar surface area (TPSA) is 131 Å². The third-order valence-electron chi connectivity index (χ3n) is 20.9. The molecule has 0 aliphatic rings.